The van der Waals surface area contributed by atoms with Crippen molar-refractivity contribution in [2.24, 2.45) is 0 Å². The molecule has 1 aliphatic rings. The van der Waals surface area contributed by atoms with Crippen LogP contribution in [-0.4, -0.2) is 31.5 Å². The summed E-state index contributed by atoms with van der Waals surface area (Å²) in [5.74, 6) is 1.52. The van der Waals surface area contributed by atoms with E-state index in [1.807, 2.05) is 18.2 Å². The fourth-order valence-corrected chi connectivity index (χ4v) is 3.44. The Labute approximate surface area is 165 Å². The molecule has 0 saturated heterocycles. The molecule has 6 heteroatoms. The predicted octanol–water partition coefficient (Wildman–Crippen LogP) is 3.40. The lowest BCUT2D eigenvalue weighted by atomic mass is 10.0. The normalized spacial score (nSPS) is 14.5. The van der Waals surface area contributed by atoms with Crippen molar-refractivity contribution in [2.75, 3.05) is 11.9 Å². The summed E-state index contributed by atoms with van der Waals surface area (Å²) in [4.78, 5) is 15.8. The molecule has 28 heavy (non-hydrogen) atoms. The third-order valence-electron chi connectivity index (χ3n) is 5.05. The highest BCUT2D eigenvalue weighted by Gasteiger charge is 2.21. The average Bonchev–Trinajstić information content (AvgIpc) is 2.69. The zero-order valence-corrected chi connectivity index (χ0v) is 16.3. The van der Waals surface area contributed by atoms with Crippen molar-refractivity contribution in [1.29, 1.82) is 0 Å². The van der Waals surface area contributed by atoms with Crippen LogP contribution in [0.1, 0.15) is 36.2 Å². The molecule has 0 saturated carbocycles. The zero-order valence-electron chi connectivity index (χ0n) is 16.3. The Bertz CT molecular complexity index is 935. The molecular formula is C22H25N5O. The third kappa shape index (κ3) is 4.18. The fourth-order valence-electron chi connectivity index (χ4n) is 3.44. The molecule has 1 aromatic carbocycles. The van der Waals surface area contributed by atoms with Crippen molar-refractivity contribution in [2.45, 2.75) is 39.0 Å². The minimum atomic E-state index is -0.901. The Morgan fingerprint density at radius 1 is 1.07 bits per heavy atom. The maximum absolute atomic E-state index is 10.1. The summed E-state index contributed by atoms with van der Waals surface area (Å²) in [6.45, 7) is 6.20. The van der Waals surface area contributed by atoms with Gasteiger partial charge in [-0.15, -0.1) is 0 Å². The highest BCUT2D eigenvalue weighted by Crippen LogP contribution is 2.26. The number of nitrogens with one attached hydrogen (secondary N) is 1. The van der Waals surface area contributed by atoms with Crippen LogP contribution in [0.25, 0.3) is 0 Å². The summed E-state index contributed by atoms with van der Waals surface area (Å²) in [6, 6.07) is 14.3. The number of aliphatic hydroxyl groups is 1. The molecule has 144 valence electrons. The van der Waals surface area contributed by atoms with Crippen LogP contribution in [0.5, 0.6) is 0 Å². The molecule has 4 rings (SSSR count). The van der Waals surface area contributed by atoms with Crippen LogP contribution in [0.15, 0.2) is 55.0 Å². The van der Waals surface area contributed by atoms with Gasteiger partial charge in [-0.25, -0.2) is 15.0 Å². The first-order chi connectivity index (χ1) is 13.5. The van der Waals surface area contributed by atoms with Gasteiger partial charge in [-0.2, -0.15) is 0 Å². The second-order valence-corrected chi connectivity index (χ2v) is 7.71. The van der Waals surface area contributed by atoms with Crippen molar-refractivity contribution in [1.82, 2.24) is 19.9 Å². The molecule has 3 aromatic rings. The van der Waals surface area contributed by atoms with Gasteiger partial charge in [0, 0.05) is 37.0 Å². The number of nitrogens with zero attached hydrogens (tertiary/aromatic N) is 4. The Balaban J connectivity index is 1.48. The topological polar surface area (TPSA) is 74.2 Å². The number of hydrogen-bond acceptors (Lipinski definition) is 6. The largest absolute Gasteiger partial charge is 0.386 e. The first kappa shape index (κ1) is 18.5. The number of fused-ring (bicyclic) bond motifs is 1. The lowest BCUT2D eigenvalue weighted by Crippen LogP contribution is -2.31. The molecule has 0 atom stereocenters. The highest BCUT2D eigenvalue weighted by molar-refractivity contribution is 5.57. The molecule has 3 heterocycles. The van der Waals surface area contributed by atoms with E-state index in [2.05, 4.69) is 49.4 Å². The van der Waals surface area contributed by atoms with E-state index in [1.54, 1.807) is 26.4 Å². The van der Waals surface area contributed by atoms with E-state index < -0.39 is 5.60 Å². The molecule has 0 unspecified atom stereocenters. The van der Waals surface area contributed by atoms with E-state index in [1.165, 1.54) is 5.56 Å². The summed E-state index contributed by atoms with van der Waals surface area (Å²) in [7, 11) is 0. The van der Waals surface area contributed by atoms with E-state index in [0.29, 0.717) is 5.82 Å². The van der Waals surface area contributed by atoms with E-state index >= 15 is 0 Å². The van der Waals surface area contributed by atoms with Gasteiger partial charge in [0.2, 0.25) is 0 Å². The van der Waals surface area contributed by atoms with E-state index in [-0.39, 0.29) is 0 Å². The molecule has 6 nitrogen and oxygen atoms in total. The molecular weight excluding hydrogens is 350 g/mol. The molecule has 0 aliphatic carbocycles. The van der Waals surface area contributed by atoms with E-state index in [0.717, 1.165) is 48.7 Å². The fraction of sp³-hybridized carbons (Fsp3) is 0.318. The molecule has 0 fully saturated rings. The number of hydrogen-bond donors (Lipinski definition) is 2. The van der Waals surface area contributed by atoms with Gasteiger partial charge in [0.25, 0.3) is 0 Å². The maximum Gasteiger partial charge on any atom is 0.138 e. The Morgan fingerprint density at radius 2 is 1.89 bits per heavy atom. The van der Waals surface area contributed by atoms with Crippen LogP contribution >= 0.6 is 0 Å². The summed E-state index contributed by atoms with van der Waals surface area (Å²) in [6.07, 6.45) is 4.20. The monoisotopic (exact) mass is 375 g/mol. The van der Waals surface area contributed by atoms with Crippen LogP contribution in [0.3, 0.4) is 0 Å². The molecule has 0 spiro atoms. The number of pyridine rings is 1. The van der Waals surface area contributed by atoms with Gasteiger partial charge >= 0.3 is 0 Å². The zero-order chi connectivity index (χ0) is 19.6. The first-order valence-corrected chi connectivity index (χ1v) is 9.54. The molecule has 2 N–H and O–H groups in total. The van der Waals surface area contributed by atoms with Crippen molar-refractivity contribution < 1.29 is 5.11 Å². The van der Waals surface area contributed by atoms with Crippen molar-refractivity contribution in [3.63, 3.8) is 0 Å². The SMILES string of the molecule is CC(C)(O)c1ccc(Nc2ncnc3c2CCN(Cc2ccccc2)C3)nc1. The molecule has 2 aromatic heterocycles. The quantitative estimate of drug-likeness (QED) is 0.712. The van der Waals surface area contributed by atoms with Crippen molar-refractivity contribution in [3.8, 4) is 0 Å². The van der Waals surface area contributed by atoms with Gasteiger partial charge < -0.3 is 10.4 Å². The second kappa shape index (κ2) is 7.66. The summed E-state index contributed by atoms with van der Waals surface area (Å²) >= 11 is 0. The summed E-state index contributed by atoms with van der Waals surface area (Å²) in [5.41, 5.74) is 3.41. The Kier molecular flexibility index (Phi) is 5.07. The minimum Gasteiger partial charge on any atom is -0.386 e. The highest BCUT2D eigenvalue weighted by atomic mass is 16.3. The molecule has 1 aliphatic heterocycles. The third-order valence-corrected chi connectivity index (χ3v) is 5.05. The molecule has 0 bridgehead atoms. The molecule has 0 amide bonds. The van der Waals surface area contributed by atoms with Crippen LogP contribution in [-0.2, 0) is 25.1 Å². The summed E-state index contributed by atoms with van der Waals surface area (Å²) < 4.78 is 0. The Morgan fingerprint density at radius 3 is 2.61 bits per heavy atom. The predicted molar refractivity (Wildman–Crippen MR) is 109 cm³/mol. The Hall–Kier alpha value is -2.83. The lowest BCUT2D eigenvalue weighted by Gasteiger charge is -2.28. The van der Waals surface area contributed by atoms with Gasteiger partial charge in [0.05, 0.1) is 11.3 Å². The van der Waals surface area contributed by atoms with Gasteiger partial charge in [-0.05, 0) is 31.9 Å². The number of anilines is 2. The smallest absolute Gasteiger partial charge is 0.138 e. The molecule has 0 radical (unpaired) electrons. The second-order valence-electron chi connectivity index (χ2n) is 7.71. The van der Waals surface area contributed by atoms with Crippen LogP contribution < -0.4 is 5.32 Å². The van der Waals surface area contributed by atoms with Gasteiger partial charge in [-0.1, -0.05) is 36.4 Å². The minimum absolute atomic E-state index is 0.709. The van der Waals surface area contributed by atoms with Crippen molar-refractivity contribution in [3.05, 3.63) is 77.4 Å². The average molecular weight is 375 g/mol. The van der Waals surface area contributed by atoms with Crippen molar-refractivity contribution >= 4 is 11.6 Å². The number of rotatable bonds is 5. The lowest BCUT2D eigenvalue weighted by molar-refractivity contribution is 0.0782. The van der Waals surface area contributed by atoms with Crippen LogP contribution in [0.2, 0.25) is 0 Å². The number of aromatic nitrogens is 3. The van der Waals surface area contributed by atoms with Gasteiger partial charge in [0.1, 0.15) is 18.0 Å². The standard InChI is InChI=1S/C22H25N5O/c1-22(2,28)17-8-9-20(23-12-17)26-21-18-10-11-27(14-19(18)24-15-25-21)13-16-6-4-3-5-7-16/h3-9,12,15,28H,10-11,13-14H2,1-2H3,(H,23,24,25,26). The van der Waals surface area contributed by atoms with E-state index in [4.69, 9.17) is 0 Å². The first-order valence-electron chi connectivity index (χ1n) is 9.54. The van der Waals surface area contributed by atoms with Gasteiger partial charge in [0.15, 0.2) is 0 Å². The van der Waals surface area contributed by atoms with E-state index in [9.17, 15) is 5.11 Å². The number of benzene rings is 1. The maximum atomic E-state index is 10.1. The van der Waals surface area contributed by atoms with Gasteiger partial charge in [-0.3, -0.25) is 4.90 Å². The summed E-state index contributed by atoms with van der Waals surface area (Å²) in [5, 5.41) is 13.4. The van der Waals surface area contributed by atoms with Crippen LogP contribution in [0, 0.1) is 0 Å². The van der Waals surface area contributed by atoms with Crippen LogP contribution in [0.4, 0.5) is 11.6 Å².